The van der Waals surface area contributed by atoms with Crippen molar-refractivity contribution in [1.82, 2.24) is 4.90 Å². The van der Waals surface area contributed by atoms with Crippen molar-refractivity contribution in [2.45, 2.75) is 29.5 Å². The first kappa shape index (κ1) is 21.0. The molecule has 7 nitrogen and oxygen atoms in total. The monoisotopic (exact) mass is 419 g/mol. The molecule has 4 rings (SSSR count). The molecule has 2 aliphatic heterocycles. The largest absolute Gasteiger partial charge is 0.493 e. The Hall–Kier alpha value is -2.74. The van der Waals surface area contributed by atoms with Crippen LogP contribution >= 0.6 is 0 Å². The lowest BCUT2D eigenvalue weighted by atomic mass is 9.95. The average Bonchev–Trinajstić information content (AvgIpc) is 2.91. The number of methoxy groups -OCH3 is 3. The van der Waals surface area contributed by atoms with Gasteiger partial charge >= 0.3 is 0 Å². The molecule has 0 saturated heterocycles. The van der Waals surface area contributed by atoms with Crippen LogP contribution < -0.4 is 14.2 Å². The van der Waals surface area contributed by atoms with Crippen LogP contribution in [0.2, 0.25) is 0 Å². The normalized spacial score (nSPS) is 19.3. The molecule has 2 bridgehead atoms. The molecule has 2 unspecified atom stereocenters. The zero-order valence-electron chi connectivity index (χ0n) is 17.1. The van der Waals surface area contributed by atoms with Crippen molar-refractivity contribution in [1.29, 1.82) is 0 Å². The van der Waals surface area contributed by atoms with Crippen LogP contribution in [0.4, 0.5) is 0 Å². The first-order valence-corrected chi connectivity index (χ1v) is 10.8. The van der Waals surface area contributed by atoms with E-state index in [4.69, 9.17) is 14.2 Å². The van der Waals surface area contributed by atoms with Crippen molar-refractivity contribution < 1.29 is 27.4 Å². The van der Waals surface area contributed by atoms with Gasteiger partial charge in [-0.25, -0.2) is 8.42 Å². The molecule has 2 atom stereocenters. The van der Waals surface area contributed by atoms with Crippen LogP contribution in [0.1, 0.15) is 35.2 Å². The summed E-state index contributed by atoms with van der Waals surface area (Å²) < 4.78 is 42.5. The molecule has 0 N–H and O–H groups in total. The molecule has 0 spiro atoms. The van der Waals surface area contributed by atoms with Crippen LogP contribution in [0.15, 0.2) is 41.3 Å². The Labute approximate surface area is 171 Å². The predicted octanol–water partition coefficient (Wildman–Crippen LogP) is 3.09. The van der Waals surface area contributed by atoms with E-state index in [0.29, 0.717) is 23.7 Å². The van der Waals surface area contributed by atoms with Crippen molar-refractivity contribution in [2.75, 3.05) is 28.4 Å². The Morgan fingerprint density at radius 1 is 1.00 bits per heavy atom. The maximum Gasteiger partial charge on any atom is 0.254 e. The molecule has 8 heteroatoms. The fraction of sp³-hybridized carbons (Fsp3) is 0.381. The highest BCUT2D eigenvalue weighted by atomic mass is 32.2. The fourth-order valence-corrected chi connectivity index (χ4v) is 5.95. The van der Waals surface area contributed by atoms with E-state index >= 15 is 0 Å². The third-order valence-electron chi connectivity index (χ3n) is 5.35. The van der Waals surface area contributed by atoms with Crippen LogP contribution in [0, 0.1) is 0 Å². The van der Waals surface area contributed by atoms with Gasteiger partial charge in [-0.2, -0.15) is 0 Å². The van der Waals surface area contributed by atoms with E-state index in [1.165, 1.54) is 45.4 Å². The lowest BCUT2D eigenvalue weighted by Gasteiger charge is -2.32. The van der Waals surface area contributed by atoms with Crippen molar-refractivity contribution in [2.24, 2.45) is 0 Å². The number of carbonyl (C=O) groups is 1. The number of hydrogen-bond acceptors (Lipinski definition) is 6. The molecular weight excluding hydrogens is 394 g/mol. The zero-order chi connectivity index (χ0) is 21.3. The number of hydrogen-bond donors (Lipinski definition) is 0. The maximum absolute atomic E-state index is 13.3. The summed E-state index contributed by atoms with van der Waals surface area (Å²) >= 11 is 0. The summed E-state index contributed by atoms with van der Waals surface area (Å²) in [5, 5.41) is -1.01. The summed E-state index contributed by atoms with van der Waals surface area (Å²) in [5.74, 6) is 0.237. The average molecular weight is 419 g/mol. The van der Waals surface area contributed by atoms with Crippen LogP contribution in [-0.4, -0.2) is 53.0 Å². The van der Waals surface area contributed by atoms with Crippen molar-refractivity contribution in [3.05, 3.63) is 47.5 Å². The quantitative estimate of drug-likeness (QED) is 0.716. The Morgan fingerprint density at radius 2 is 1.55 bits per heavy atom. The number of nitrogens with zero attached hydrogens (tertiary/aromatic N) is 1. The molecule has 0 saturated carbocycles. The number of benzene rings is 2. The zero-order valence-corrected chi connectivity index (χ0v) is 17.9. The Morgan fingerprint density at radius 3 is 2.00 bits per heavy atom. The van der Waals surface area contributed by atoms with Gasteiger partial charge in [0.1, 0.15) is 5.37 Å². The molecule has 156 valence electrons. The van der Waals surface area contributed by atoms with Crippen molar-refractivity contribution >= 4 is 15.7 Å². The van der Waals surface area contributed by atoms with Gasteiger partial charge in [0.25, 0.3) is 5.91 Å². The number of fused-ring (bicyclic) bond motifs is 4. The smallest absolute Gasteiger partial charge is 0.254 e. The molecule has 0 radical (unpaired) electrons. The van der Waals surface area contributed by atoms with E-state index in [1.807, 2.05) is 19.1 Å². The van der Waals surface area contributed by atoms with Gasteiger partial charge in [-0.05, 0) is 36.2 Å². The summed E-state index contributed by atoms with van der Waals surface area (Å²) in [7, 11) is 2.18. The number of amides is 1. The fourth-order valence-electron chi connectivity index (χ4n) is 3.86. The summed E-state index contributed by atoms with van der Waals surface area (Å²) in [6, 6.07) is 9.89. The van der Waals surface area contributed by atoms with E-state index in [-0.39, 0.29) is 16.4 Å². The van der Waals surface area contributed by atoms with Gasteiger partial charge in [0.05, 0.1) is 26.2 Å². The maximum atomic E-state index is 13.3. The first-order chi connectivity index (χ1) is 13.8. The van der Waals surface area contributed by atoms with Gasteiger partial charge < -0.3 is 19.1 Å². The van der Waals surface area contributed by atoms with E-state index in [2.05, 4.69) is 0 Å². The SMILES string of the molecule is CCC1c2ccc(cc2)S(=O)(=O)C1N(C)C(=O)c1cc(OC)c(OC)c(OC)c1. The van der Waals surface area contributed by atoms with Gasteiger partial charge in [-0.3, -0.25) is 4.79 Å². The summed E-state index contributed by atoms with van der Waals surface area (Å²) in [6.07, 6.45) is 0.577. The molecule has 1 amide bonds. The van der Waals surface area contributed by atoms with Crippen molar-refractivity contribution in [3.8, 4) is 17.2 Å². The first-order valence-electron chi connectivity index (χ1n) is 9.21. The lowest BCUT2D eigenvalue weighted by Crippen LogP contribution is -2.45. The molecule has 29 heavy (non-hydrogen) atoms. The third-order valence-corrected chi connectivity index (χ3v) is 7.56. The lowest BCUT2D eigenvalue weighted by molar-refractivity contribution is 0.0759. The standard InChI is InChI=1S/C21H25NO6S/c1-6-16-13-7-9-15(10-8-13)29(24,25)21(16)22(2)20(23)14-11-17(26-3)19(28-5)18(12-14)27-4/h7-12,16,21H,6H2,1-5H3. The molecular formula is C21H25NO6S. The van der Waals surface area contributed by atoms with Gasteiger partial charge in [0, 0.05) is 18.5 Å². The third kappa shape index (κ3) is 3.42. The number of sulfone groups is 1. The number of rotatable bonds is 6. The molecule has 2 heterocycles. The predicted molar refractivity (Wildman–Crippen MR) is 109 cm³/mol. The highest BCUT2D eigenvalue weighted by Crippen LogP contribution is 2.40. The van der Waals surface area contributed by atoms with Crippen LogP contribution in [0.3, 0.4) is 0 Å². The van der Waals surface area contributed by atoms with E-state index in [0.717, 1.165) is 5.56 Å². The topological polar surface area (TPSA) is 82.1 Å². The molecule has 0 aliphatic carbocycles. The molecule has 2 aliphatic rings. The van der Waals surface area contributed by atoms with Gasteiger partial charge in [-0.15, -0.1) is 0 Å². The van der Waals surface area contributed by atoms with Crippen LogP contribution in [-0.2, 0) is 9.84 Å². The van der Waals surface area contributed by atoms with E-state index in [9.17, 15) is 13.2 Å². The minimum atomic E-state index is -3.73. The summed E-state index contributed by atoms with van der Waals surface area (Å²) in [5.41, 5.74) is 1.14. The molecule has 2 aromatic rings. The summed E-state index contributed by atoms with van der Waals surface area (Å²) in [6.45, 7) is 1.92. The number of likely N-dealkylation sites (N-methyl/N-ethyl adjacent to an activating group) is 1. The Kier molecular flexibility index (Phi) is 5.75. The van der Waals surface area contributed by atoms with E-state index in [1.54, 1.807) is 12.1 Å². The molecule has 2 aromatic carbocycles. The minimum Gasteiger partial charge on any atom is -0.493 e. The minimum absolute atomic E-state index is 0.215. The molecule has 0 fully saturated rings. The Balaban J connectivity index is 2.07. The second-order valence-electron chi connectivity index (χ2n) is 6.85. The van der Waals surface area contributed by atoms with Gasteiger partial charge in [0.2, 0.25) is 5.75 Å². The molecule has 0 aromatic heterocycles. The summed E-state index contributed by atoms with van der Waals surface area (Å²) in [4.78, 5) is 14.8. The van der Waals surface area contributed by atoms with Crippen LogP contribution in [0.5, 0.6) is 17.2 Å². The number of ether oxygens (including phenoxy) is 3. The number of carbonyl (C=O) groups excluding carboxylic acids is 1. The van der Waals surface area contributed by atoms with Gasteiger partial charge in [0.15, 0.2) is 21.3 Å². The van der Waals surface area contributed by atoms with Crippen LogP contribution in [0.25, 0.3) is 0 Å². The highest BCUT2D eigenvalue weighted by Gasteiger charge is 2.42. The second-order valence-corrected chi connectivity index (χ2v) is 8.89. The highest BCUT2D eigenvalue weighted by molar-refractivity contribution is 7.92. The second kappa shape index (κ2) is 7.94. The van der Waals surface area contributed by atoms with Gasteiger partial charge in [-0.1, -0.05) is 19.1 Å². The Bertz CT molecular complexity index is 991. The van der Waals surface area contributed by atoms with Crippen molar-refractivity contribution in [3.63, 3.8) is 0 Å². The van der Waals surface area contributed by atoms with E-state index < -0.39 is 21.1 Å².